The Morgan fingerprint density at radius 3 is 1.04 bits per heavy atom. The summed E-state index contributed by atoms with van der Waals surface area (Å²) in [5.74, 6) is 0. The topological polar surface area (TPSA) is 6.48 Å². The van der Waals surface area contributed by atoms with Crippen molar-refractivity contribution in [2.45, 2.75) is 53.6 Å². The molecular weight excluding hydrogens is 375 g/mol. The number of para-hydroxylation sites is 2. The smallest absolute Gasteiger partial charge is 0.0459 e. The van der Waals surface area contributed by atoms with Gasteiger partial charge in [-0.1, -0.05) is 36.4 Å². The Hall–Kier alpha value is -1.47. The van der Waals surface area contributed by atoms with Crippen molar-refractivity contribution in [1.29, 1.82) is 0 Å². The maximum Gasteiger partial charge on any atom is 0.0459 e. The molecule has 0 spiro atoms. The van der Waals surface area contributed by atoms with E-state index in [0.717, 1.165) is 0 Å². The fourth-order valence-electron chi connectivity index (χ4n) is 3.78. The quantitative estimate of drug-likeness (QED) is 0.428. The number of likely N-dealkylation sites (N-methyl/N-ethyl adjacent to an activating group) is 2. The normalized spacial score (nSPS) is 12.0. The van der Waals surface area contributed by atoms with Gasteiger partial charge in [0.2, 0.25) is 0 Å². The van der Waals surface area contributed by atoms with Gasteiger partial charge in [0.15, 0.2) is 0 Å². The molecule has 0 bridgehead atoms. The second kappa shape index (κ2) is 11.4. The van der Waals surface area contributed by atoms with E-state index in [-0.39, 0.29) is 31.3 Å². The van der Waals surface area contributed by atoms with Crippen molar-refractivity contribution in [3.63, 3.8) is 0 Å². The summed E-state index contributed by atoms with van der Waals surface area (Å²) in [4.78, 5) is 4.86. The molecule has 2 aromatic rings. The second-order valence-corrected chi connectivity index (χ2v) is 7.18. The molecule has 0 radical (unpaired) electrons. The third kappa shape index (κ3) is 5.75. The van der Waals surface area contributed by atoms with Gasteiger partial charge in [0.05, 0.1) is 0 Å². The number of hydrogen-bond donors (Lipinski definition) is 0. The van der Waals surface area contributed by atoms with Crippen molar-refractivity contribution in [3.8, 4) is 0 Å². The molecule has 3 heteroatoms. The zero-order chi connectivity index (χ0) is 18.0. The molecule has 0 amide bonds. The van der Waals surface area contributed by atoms with Crippen molar-refractivity contribution in [2.75, 3.05) is 23.9 Å². The van der Waals surface area contributed by atoms with Gasteiger partial charge in [-0.2, -0.15) is 0 Å². The predicted molar refractivity (Wildman–Crippen MR) is 120 cm³/mol. The summed E-state index contributed by atoms with van der Waals surface area (Å²) in [6.07, 6.45) is 0. The van der Waals surface area contributed by atoms with Gasteiger partial charge in [-0.15, -0.1) is 0 Å². The van der Waals surface area contributed by atoms with E-state index >= 15 is 0 Å². The largest absolute Gasteiger partial charge is 0.369 e. The van der Waals surface area contributed by atoms with E-state index < -0.39 is 0 Å². The SMILES string of the molecule is Cc1cccc(C)c1N(C)C(C)C(C)N(C)c1c(C)cccc1C.[CH3-].[CH3-].[Ni]. The summed E-state index contributed by atoms with van der Waals surface area (Å²) in [5.41, 5.74) is 8.06. The van der Waals surface area contributed by atoms with Crippen LogP contribution in [0.4, 0.5) is 11.4 Å². The van der Waals surface area contributed by atoms with Crippen LogP contribution in [0.15, 0.2) is 36.4 Å². The molecular formula is C24H38N2Ni-2. The Morgan fingerprint density at radius 1 is 0.593 bits per heavy atom. The first-order chi connectivity index (χ1) is 11.3. The first kappa shape index (κ1) is 27.7. The molecule has 2 aromatic carbocycles. The number of aryl methyl sites for hydroxylation is 4. The fourth-order valence-corrected chi connectivity index (χ4v) is 3.78. The number of anilines is 2. The zero-order valence-electron chi connectivity index (χ0n) is 18.8. The number of benzene rings is 2. The third-order valence-corrected chi connectivity index (χ3v) is 5.50. The van der Waals surface area contributed by atoms with Gasteiger partial charge < -0.3 is 24.7 Å². The molecule has 0 N–H and O–H groups in total. The second-order valence-electron chi connectivity index (χ2n) is 7.18. The molecule has 0 aliphatic carbocycles. The van der Waals surface area contributed by atoms with Crippen LogP contribution >= 0.6 is 0 Å². The standard InChI is InChI=1S/C22H32N2.2CH3.Ni/c1-15-11-9-12-16(2)21(15)23(7)19(5)20(6)24(8)22-17(3)13-10-14-18(22)4;;;/h9-14,19-20H,1-8H3;2*1H3;/q;2*-1;. The van der Waals surface area contributed by atoms with Crippen LogP contribution in [-0.2, 0) is 16.5 Å². The van der Waals surface area contributed by atoms with Gasteiger partial charge in [0.1, 0.15) is 0 Å². The van der Waals surface area contributed by atoms with Crippen LogP contribution in [0.25, 0.3) is 0 Å². The van der Waals surface area contributed by atoms with E-state index in [2.05, 4.69) is 102 Å². The third-order valence-electron chi connectivity index (χ3n) is 5.50. The van der Waals surface area contributed by atoms with E-state index in [4.69, 9.17) is 0 Å². The summed E-state index contributed by atoms with van der Waals surface area (Å²) in [7, 11) is 4.43. The Balaban J connectivity index is 0. The van der Waals surface area contributed by atoms with E-state index in [1.54, 1.807) is 0 Å². The predicted octanol–water partition coefficient (Wildman–Crippen LogP) is 6.17. The molecule has 0 fully saturated rings. The van der Waals surface area contributed by atoms with Crippen LogP contribution < -0.4 is 9.80 Å². The molecule has 0 aliphatic heterocycles. The van der Waals surface area contributed by atoms with E-state index in [9.17, 15) is 0 Å². The first-order valence-corrected chi connectivity index (χ1v) is 8.83. The van der Waals surface area contributed by atoms with Gasteiger partial charge in [-0.25, -0.2) is 0 Å². The van der Waals surface area contributed by atoms with Crippen molar-refractivity contribution in [1.82, 2.24) is 0 Å². The Labute approximate surface area is 178 Å². The van der Waals surface area contributed by atoms with Crippen molar-refractivity contribution >= 4 is 11.4 Å². The average Bonchev–Trinajstić information content (AvgIpc) is 2.52. The number of hydrogen-bond acceptors (Lipinski definition) is 2. The van der Waals surface area contributed by atoms with Gasteiger partial charge in [-0.05, 0) is 63.8 Å². The molecule has 2 rings (SSSR count). The van der Waals surface area contributed by atoms with Crippen LogP contribution in [0.2, 0.25) is 0 Å². The molecule has 2 unspecified atom stereocenters. The van der Waals surface area contributed by atoms with Gasteiger partial charge in [0, 0.05) is 54.0 Å². The van der Waals surface area contributed by atoms with E-state index in [0.29, 0.717) is 12.1 Å². The molecule has 0 heterocycles. The van der Waals surface area contributed by atoms with Crippen LogP contribution in [-0.4, -0.2) is 26.2 Å². The summed E-state index contributed by atoms with van der Waals surface area (Å²) >= 11 is 0. The average molecular weight is 413 g/mol. The van der Waals surface area contributed by atoms with E-state index in [1.165, 1.54) is 33.6 Å². The summed E-state index contributed by atoms with van der Waals surface area (Å²) < 4.78 is 0. The Bertz CT molecular complexity index is 610. The number of rotatable bonds is 5. The summed E-state index contributed by atoms with van der Waals surface area (Å²) in [5, 5.41) is 0. The molecule has 0 saturated carbocycles. The van der Waals surface area contributed by atoms with Gasteiger partial charge >= 0.3 is 0 Å². The Kier molecular flexibility index (Phi) is 11.7. The Morgan fingerprint density at radius 2 is 0.815 bits per heavy atom. The molecule has 0 saturated heterocycles. The molecule has 156 valence electrons. The minimum absolute atomic E-state index is 0. The fraction of sp³-hybridized carbons (Fsp3) is 0.417. The summed E-state index contributed by atoms with van der Waals surface area (Å²) in [6.45, 7) is 13.4. The van der Waals surface area contributed by atoms with Crippen molar-refractivity contribution in [3.05, 3.63) is 73.5 Å². The van der Waals surface area contributed by atoms with Crippen molar-refractivity contribution in [2.24, 2.45) is 0 Å². The maximum atomic E-state index is 2.43. The molecule has 2 atom stereocenters. The minimum atomic E-state index is 0. The molecule has 0 aliphatic rings. The molecule has 27 heavy (non-hydrogen) atoms. The van der Waals surface area contributed by atoms with Gasteiger partial charge in [-0.3, -0.25) is 0 Å². The number of nitrogens with zero attached hydrogens (tertiary/aromatic N) is 2. The van der Waals surface area contributed by atoms with Gasteiger partial charge in [0.25, 0.3) is 0 Å². The first-order valence-electron chi connectivity index (χ1n) is 8.83. The van der Waals surface area contributed by atoms with Crippen LogP contribution in [0.5, 0.6) is 0 Å². The maximum absolute atomic E-state index is 2.43. The molecule has 2 nitrogen and oxygen atoms in total. The van der Waals surface area contributed by atoms with Crippen molar-refractivity contribution < 1.29 is 16.5 Å². The molecule has 0 aromatic heterocycles. The zero-order valence-corrected chi connectivity index (χ0v) is 19.8. The monoisotopic (exact) mass is 412 g/mol. The van der Waals surface area contributed by atoms with Crippen LogP contribution in [0.1, 0.15) is 36.1 Å². The minimum Gasteiger partial charge on any atom is -0.369 e. The summed E-state index contributed by atoms with van der Waals surface area (Å²) in [6, 6.07) is 13.9. The van der Waals surface area contributed by atoms with Crippen LogP contribution in [0.3, 0.4) is 0 Å². The van der Waals surface area contributed by atoms with E-state index in [1.807, 2.05) is 0 Å². The van der Waals surface area contributed by atoms with Crippen LogP contribution in [0, 0.1) is 42.5 Å².